The third-order valence-electron chi connectivity index (χ3n) is 4.85. The van der Waals surface area contributed by atoms with Gasteiger partial charge in [0.1, 0.15) is 0 Å². The van der Waals surface area contributed by atoms with Crippen molar-refractivity contribution in [3.05, 3.63) is 82.0 Å². The van der Waals surface area contributed by atoms with Crippen molar-refractivity contribution in [3.8, 4) is 0 Å². The minimum Gasteiger partial charge on any atom is -0.475 e. The maximum absolute atomic E-state index is 12.6. The molecular formula is C22H22F3N5O4. The summed E-state index contributed by atoms with van der Waals surface area (Å²) in [7, 11) is 0. The average molecular weight is 477 g/mol. The average Bonchev–Trinajstić information content (AvgIpc) is 3.20. The number of alkyl halides is 3. The Balaban J connectivity index is 0.000000406. The highest BCUT2D eigenvalue weighted by Gasteiger charge is 2.38. The van der Waals surface area contributed by atoms with Gasteiger partial charge in [-0.25, -0.2) is 4.79 Å². The van der Waals surface area contributed by atoms with Gasteiger partial charge in [0, 0.05) is 24.8 Å². The smallest absolute Gasteiger partial charge is 0.475 e. The quantitative estimate of drug-likeness (QED) is 0.531. The molecule has 3 aromatic rings. The van der Waals surface area contributed by atoms with E-state index in [0.29, 0.717) is 30.5 Å². The van der Waals surface area contributed by atoms with Gasteiger partial charge >= 0.3 is 12.1 Å². The van der Waals surface area contributed by atoms with Crippen LogP contribution in [0.25, 0.3) is 0 Å². The Morgan fingerprint density at radius 3 is 2.53 bits per heavy atom. The number of halogens is 3. The SMILES string of the molecule is CC1Cn2nc(C(=O)Nc3ccc(=O)n(Cc4ccccc4)c3)cc2CN1.O=C(O)C(F)(F)F. The van der Waals surface area contributed by atoms with Crippen LogP contribution in [0.15, 0.2) is 59.5 Å². The van der Waals surface area contributed by atoms with E-state index in [0.717, 1.165) is 17.8 Å². The van der Waals surface area contributed by atoms with E-state index in [2.05, 4.69) is 22.7 Å². The molecule has 1 unspecified atom stereocenters. The summed E-state index contributed by atoms with van der Waals surface area (Å²) in [6.07, 6.45) is -3.42. The third-order valence-corrected chi connectivity index (χ3v) is 4.85. The standard InChI is InChI=1S/C20H21N5O2.C2HF3O2/c1-14-11-25-17(10-21-14)9-18(23-25)20(27)22-16-7-8-19(26)24(13-16)12-15-5-3-2-4-6-15;3-2(4,5)1(6)7/h2-9,13-14,21H,10-12H2,1H3,(H,22,27);(H,6,7). The number of amides is 1. The molecule has 12 heteroatoms. The van der Waals surface area contributed by atoms with Crippen molar-refractivity contribution >= 4 is 17.6 Å². The van der Waals surface area contributed by atoms with Crippen molar-refractivity contribution in [1.82, 2.24) is 19.7 Å². The fourth-order valence-corrected chi connectivity index (χ4v) is 3.17. The molecule has 0 saturated carbocycles. The summed E-state index contributed by atoms with van der Waals surface area (Å²) in [5.74, 6) is -3.04. The van der Waals surface area contributed by atoms with E-state index in [-0.39, 0.29) is 11.5 Å². The second kappa shape index (κ2) is 10.3. The fourth-order valence-electron chi connectivity index (χ4n) is 3.17. The lowest BCUT2D eigenvalue weighted by atomic mass is 10.2. The largest absolute Gasteiger partial charge is 0.490 e. The van der Waals surface area contributed by atoms with E-state index in [9.17, 15) is 22.8 Å². The first-order valence-electron chi connectivity index (χ1n) is 10.2. The number of carbonyl (C=O) groups excluding carboxylic acids is 1. The number of nitrogens with one attached hydrogen (secondary N) is 2. The van der Waals surface area contributed by atoms with Gasteiger partial charge in [-0.2, -0.15) is 18.3 Å². The first kappa shape index (κ1) is 24.7. The first-order valence-corrected chi connectivity index (χ1v) is 10.2. The van der Waals surface area contributed by atoms with Gasteiger partial charge < -0.3 is 20.3 Å². The summed E-state index contributed by atoms with van der Waals surface area (Å²) in [5.41, 5.74) is 2.84. The van der Waals surface area contributed by atoms with E-state index in [1.165, 1.54) is 6.07 Å². The second-order valence-electron chi connectivity index (χ2n) is 7.61. The number of hydrogen-bond acceptors (Lipinski definition) is 5. The van der Waals surface area contributed by atoms with Gasteiger partial charge in [0.25, 0.3) is 11.5 Å². The Hall–Kier alpha value is -3.93. The predicted octanol–water partition coefficient (Wildman–Crippen LogP) is 2.47. The third kappa shape index (κ3) is 6.54. The molecule has 0 spiro atoms. The number of benzene rings is 1. The zero-order valence-corrected chi connectivity index (χ0v) is 18.0. The van der Waals surface area contributed by atoms with Crippen LogP contribution in [0.4, 0.5) is 18.9 Å². The Bertz CT molecular complexity index is 1220. The van der Waals surface area contributed by atoms with Gasteiger partial charge in [0.2, 0.25) is 0 Å². The lowest BCUT2D eigenvalue weighted by molar-refractivity contribution is -0.192. The van der Waals surface area contributed by atoms with Crippen molar-refractivity contribution in [2.75, 3.05) is 5.32 Å². The number of hydrogen-bond donors (Lipinski definition) is 3. The molecule has 1 aromatic carbocycles. The number of carboxylic acids is 1. The summed E-state index contributed by atoms with van der Waals surface area (Å²) in [6, 6.07) is 14.9. The van der Waals surface area contributed by atoms with Crippen molar-refractivity contribution in [2.45, 2.75) is 38.8 Å². The van der Waals surface area contributed by atoms with Gasteiger partial charge in [-0.3, -0.25) is 14.3 Å². The summed E-state index contributed by atoms with van der Waals surface area (Å²) in [6.45, 7) is 3.97. The van der Waals surface area contributed by atoms with Crippen LogP contribution in [0, 0.1) is 0 Å². The second-order valence-corrected chi connectivity index (χ2v) is 7.61. The number of pyridine rings is 1. The molecule has 3 N–H and O–H groups in total. The van der Waals surface area contributed by atoms with Crippen molar-refractivity contribution in [2.24, 2.45) is 0 Å². The molecule has 180 valence electrons. The lowest BCUT2D eigenvalue weighted by Crippen LogP contribution is -2.36. The number of carboxylic acid groups (broad SMARTS) is 1. The van der Waals surface area contributed by atoms with Gasteiger partial charge in [-0.05, 0) is 24.6 Å². The molecule has 0 bridgehead atoms. The molecule has 1 atom stereocenters. The van der Waals surface area contributed by atoms with Gasteiger partial charge in [0.05, 0.1) is 24.5 Å². The van der Waals surface area contributed by atoms with Crippen molar-refractivity contribution in [1.29, 1.82) is 0 Å². The maximum Gasteiger partial charge on any atom is 0.490 e. The summed E-state index contributed by atoms with van der Waals surface area (Å²) >= 11 is 0. The van der Waals surface area contributed by atoms with E-state index < -0.39 is 12.1 Å². The molecule has 0 saturated heterocycles. The number of fused-ring (bicyclic) bond motifs is 1. The minimum atomic E-state index is -5.08. The lowest BCUT2D eigenvalue weighted by Gasteiger charge is -2.21. The van der Waals surface area contributed by atoms with Gasteiger partial charge in [0.15, 0.2) is 5.69 Å². The molecule has 1 aliphatic rings. The zero-order valence-electron chi connectivity index (χ0n) is 18.0. The number of carbonyl (C=O) groups is 2. The molecule has 0 aliphatic carbocycles. The van der Waals surface area contributed by atoms with Crippen LogP contribution < -0.4 is 16.2 Å². The normalized spacial score (nSPS) is 15.0. The molecule has 34 heavy (non-hydrogen) atoms. The van der Waals surface area contributed by atoms with Crippen molar-refractivity contribution < 1.29 is 27.9 Å². The molecule has 9 nitrogen and oxygen atoms in total. The molecular weight excluding hydrogens is 455 g/mol. The van der Waals surface area contributed by atoms with E-state index in [1.807, 2.05) is 35.0 Å². The Morgan fingerprint density at radius 1 is 1.21 bits per heavy atom. The monoisotopic (exact) mass is 477 g/mol. The molecule has 4 rings (SSSR count). The molecule has 0 radical (unpaired) electrons. The first-order chi connectivity index (χ1) is 16.0. The summed E-state index contributed by atoms with van der Waals surface area (Å²) in [4.78, 5) is 33.6. The van der Waals surface area contributed by atoms with Crippen molar-refractivity contribution in [3.63, 3.8) is 0 Å². The van der Waals surface area contributed by atoms with Gasteiger partial charge in [-0.15, -0.1) is 0 Å². The van der Waals surface area contributed by atoms with E-state index in [1.54, 1.807) is 22.9 Å². The Labute approximate surface area is 191 Å². The number of anilines is 1. The minimum absolute atomic E-state index is 0.116. The zero-order chi connectivity index (χ0) is 24.9. The highest BCUT2D eigenvalue weighted by Crippen LogP contribution is 2.14. The number of rotatable bonds is 4. The highest BCUT2D eigenvalue weighted by atomic mass is 19.4. The molecule has 2 aromatic heterocycles. The van der Waals surface area contributed by atoms with E-state index >= 15 is 0 Å². The van der Waals surface area contributed by atoms with Crippen LogP contribution in [-0.4, -0.2) is 43.5 Å². The molecule has 1 aliphatic heterocycles. The van der Waals surface area contributed by atoms with E-state index in [4.69, 9.17) is 9.90 Å². The Morgan fingerprint density at radius 2 is 1.88 bits per heavy atom. The maximum atomic E-state index is 12.6. The highest BCUT2D eigenvalue weighted by molar-refractivity contribution is 6.02. The fraction of sp³-hybridized carbons (Fsp3) is 0.273. The van der Waals surface area contributed by atoms with Crippen LogP contribution in [0.1, 0.15) is 28.7 Å². The van der Waals surface area contributed by atoms with Crippen LogP contribution in [0.5, 0.6) is 0 Å². The predicted molar refractivity (Wildman–Crippen MR) is 116 cm³/mol. The molecule has 1 amide bonds. The number of aliphatic carboxylic acids is 1. The molecule has 3 heterocycles. The van der Waals surface area contributed by atoms with Crippen LogP contribution in [0.2, 0.25) is 0 Å². The summed E-state index contributed by atoms with van der Waals surface area (Å²) < 4.78 is 35.2. The number of nitrogens with zero attached hydrogens (tertiary/aromatic N) is 3. The van der Waals surface area contributed by atoms with Crippen LogP contribution in [-0.2, 0) is 24.4 Å². The summed E-state index contributed by atoms with van der Waals surface area (Å²) in [5, 5.41) is 17.7. The van der Waals surface area contributed by atoms with Crippen LogP contribution >= 0.6 is 0 Å². The van der Waals surface area contributed by atoms with Gasteiger partial charge in [-0.1, -0.05) is 30.3 Å². The topological polar surface area (TPSA) is 118 Å². The molecule has 0 fully saturated rings. The number of aromatic nitrogens is 3. The van der Waals surface area contributed by atoms with Crippen LogP contribution in [0.3, 0.4) is 0 Å². The Kier molecular flexibility index (Phi) is 7.51.